The highest BCUT2D eigenvalue weighted by Gasteiger charge is 2.17. The Bertz CT molecular complexity index is 1420. The van der Waals surface area contributed by atoms with Gasteiger partial charge in [0.1, 0.15) is 0 Å². The third-order valence-electron chi connectivity index (χ3n) is 5.96. The maximum Gasteiger partial charge on any atom is 0.262 e. The van der Waals surface area contributed by atoms with Gasteiger partial charge in [-0.05, 0) is 54.6 Å². The molecule has 36 heavy (non-hydrogen) atoms. The first-order valence-electron chi connectivity index (χ1n) is 11.3. The van der Waals surface area contributed by atoms with Gasteiger partial charge in [0.2, 0.25) is 5.75 Å². The van der Waals surface area contributed by atoms with Crippen LogP contribution in [0.3, 0.4) is 0 Å². The van der Waals surface area contributed by atoms with Crippen molar-refractivity contribution in [1.82, 2.24) is 4.57 Å². The van der Waals surface area contributed by atoms with E-state index in [2.05, 4.69) is 0 Å². The molecule has 4 aromatic rings. The molecule has 0 radical (unpaired) electrons. The highest BCUT2D eigenvalue weighted by Crippen LogP contribution is 2.38. The number of fused-ring (bicyclic) bond motifs is 1. The molecule has 0 amide bonds. The zero-order valence-electron chi connectivity index (χ0n) is 20.9. The van der Waals surface area contributed by atoms with Crippen LogP contribution in [0.15, 0.2) is 72.9 Å². The zero-order valence-corrected chi connectivity index (χ0v) is 20.9. The number of ether oxygens (including phenoxy) is 3. The molecule has 7 nitrogen and oxygen atoms in total. The first-order chi connectivity index (χ1) is 17.4. The third-order valence-corrected chi connectivity index (χ3v) is 5.96. The number of ketones is 1. The van der Waals surface area contributed by atoms with E-state index in [1.165, 1.54) is 27.4 Å². The van der Waals surface area contributed by atoms with E-state index in [9.17, 15) is 9.59 Å². The van der Waals surface area contributed by atoms with Crippen LogP contribution in [0.5, 0.6) is 17.2 Å². The summed E-state index contributed by atoms with van der Waals surface area (Å²) in [6.45, 7) is 0. The summed E-state index contributed by atoms with van der Waals surface area (Å²) in [5.74, 6) is 0.830. The minimum atomic E-state index is -0.239. The lowest BCUT2D eigenvalue weighted by molar-refractivity contribution is 0.0964. The molecule has 0 unspecified atom stereocenters. The summed E-state index contributed by atoms with van der Waals surface area (Å²) in [7, 11) is 8.42. The van der Waals surface area contributed by atoms with Crippen molar-refractivity contribution in [2.24, 2.45) is 0 Å². The molecule has 0 bridgehead atoms. The second-order valence-electron chi connectivity index (χ2n) is 8.33. The number of benzene rings is 3. The van der Waals surface area contributed by atoms with Gasteiger partial charge in [-0.3, -0.25) is 14.2 Å². The van der Waals surface area contributed by atoms with Crippen LogP contribution in [0.4, 0.5) is 5.69 Å². The minimum Gasteiger partial charge on any atom is -0.493 e. The van der Waals surface area contributed by atoms with Crippen LogP contribution in [0, 0.1) is 0 Å². The lowest BCUT2D eigenvalue weighted by Gasteiger charge is -2.13. The van der Waals surface area contributed by atoms with Gasteiger partial charge in [0.25, 0.3) is 5.91 Å². The maximum absolute atomic E-state index is 13.3. The van der Waals surface area contributed by atoms with Crippen molar-refractivity contribution in [2.45, 2.75) is 0 Å². The Hall–Kier alpha value is -4.52. The Morgan fingerprint density at radius 3 is 2.06 bits per heavy atom. The van der Waals surface area contributed by atoms with E-state index < -0.39 is 0 Å². The van der Waals surface area contributed by atoms with Crippen molar-refractivity contribution < 1.29 is 23.8 Å². The fraction of sp³-hybridized carbons (Fsp3) is 0.172. The summed E-state index contributed by atoms with van der Waals surface area (Å²) in [5.41, 5.74) is 3.49. The molecule has 0 saturated heterocycles. The van der Waals surface area contributed by atoms with Gasteiger partial charge in [-0.25, -0.2) is 0 Å². The molecular weight excluding hydrogens is 456 g/mol. The van der Waals surface area contributed by atoms with Crippen molar-refractivity contribution in [2.75, 3.05) is 40.3 Å². The van der Waals surface area contributed by atoms with Crippen LogP contribution in [0.1, 0.15) is 26.3 Å². The topological polar surface area (TPSA) is 70.0 Å². The van der Waals surface area contributed by atoms with Gasteiger partial charge in [0, 0.05) is 48.1 Å². The van der Waals surface area contributed by atoms with E-state index in [0.29, 0.717) is 28.4 Å². The van der Waals surface area contributed by atoms with E-state index in [4.69, 9.17) is 14.2 Å². The van der Waals surface area contributed by atoms with Crippen LogP contribution in [-0.4, -0.2) is 51.7 Å². The average molecular weight is 485 g/mol. The number of para-hydroxylation sites is 1. The molecule has 4 rings (SSSR count). The number of aromatic nitrogens is 1. The van der Waals surface area contributed by atoms with E-state index in [1.807, 2.05) is 67.5 Å². The summed E-state index contributed by atoms with van der Waals surface area (Å²) in [5, 5.41) is 0.865. The average Bonchev–Trinajstić information content (AvgIpc) is 3.29. The number of nitrogens with zero attached hydrogens (tertiary/aromatic N) is 2. The Kier molecular flexibility index (Phi) is 7.10. The number of hydrogen-bond acceptors (Lipinski definition) is 6. The van der Waals surface area contributed by atoms with E-state index in [-0.39, 0.29) is 11.7 Å². The lowest BCUT2D eigenvalue weighted by Crippen LogP contribution is -2.12. The molecule has 0 atom stereocenters. The fourth-order valence-electron chi connectivity index (χ4n) is 4.03. The van der Waals surface area contributed by atoms with E-state index in [0.717, 1.165) is 22.2 Å². The highest BCUT2D eigenvalue weighted by atomic mass is 16.5. The van der Waals surface area contributed by atoms with Crippen LogP contribution in [0.2, 0.25) is 0 Å². The normalized spacial score (nSPS) is 11.0. The number of rotatable bonds is 8. The van der Waals surface area contributed by atoms with Gasteiger partial charge in [-0.2, -0.15) is 0 Å². The summed E-state index contributed by atoms with van der Waals surface area (Å²) in [6.07, 6.45) is 4.95. The van der Waals surface area contributed by atoms with Crippen molar-refractivity contribution >= 4 is 34.4 Å². The van der Waals surface area contributed by atoms with Crippen LogP contribution < -0.4 is 19.1 Å². The van der Waals surface area contributed by atoms with Crippen LogP contribution in [0.25, 0.3) is 17.0 Å². The molecule has 0 aliphatic carbocycles. The molecule has 7 heteroatoms. The molecule has 0 aliphatic rings. The number of anilines is 1. The molecule has 0 aliphatic heterocycles. The van der Waals surface area contributed by atoms with Crippen molar-refractivity contribution in [3.63, 3.8) is 0 Å². The molecule has 184 valence electrons. The smallest absolute Gasteiger partial charge is 0.262 e. The Labute approximate surface area is 210 Å². The van der Waals surface area contributed by atoms with Gasteiger partial charge in [-0.15, -0.1) is 0 Å². The number of carbonyl (C=O) groups is 2. The molecule has 0 spiro atoms. The number of carbonyl (C=O) groups excluding carboxylic acids is 2. The van der Waals surface area contributed by atoms with Gasteiger partial charge in [-0.1, -0.05) is 18.2 Å². The van der Waals surface area contributed by atoms with Crippen LogP contribution >= 0.6 is 0 Å². The van der Waals surface area contributed by atoms with Gasteiger partial charge in [0.15, 0.2) is 17.3 Å². The van der Waals surface area contributed by atoms with E-state index >= 15 is 0 Å². The molecule has 0 saturated carbocycles. The molecular formula is C29H28N2O5. The Balaban J connectivity index is 1.68. The first kappa shape index (κ1) is 24.6. The standard InChI is InChI=1S/C29H28N2O5/c1-30(2)22-13-10-19(11-14-22)29(33)31-18-20(23-8-6-7-9-24(23)31)12-15-25(32)21-16-26(34-3)28(36-5)27(17-21)35-4/h6-18H,1-5H3/b15-12+. The summed E-state index contributed by atoms with van der Waals surface area (Å²) in [6, 6.07) is 18.3. The van der Waals surface area contributed by atoms with Gasteiger partial charge >= 0.3 is 0 Å². The minimum absolute atomic E-state index is 0.146. The number of allylic oxidation sites excluding steroid dienone is 1. The predicted molar refractivity (Wildman–Crippen MR) is 142 cm³/mol. The monoisotopic (exact) mass is 484 g/mol. The summed E-state index contributed by atoms with van der Waals surface area (Å²) < 4.78 is 17.7. The summed E-state index contributed by atoms with van der Waals surface area (Å²) >= 11 is 0. The summed E-state index contributed by atoms with van der Waals surface area (Å²) in [4.78, 5) is 28.3. The predicted octanol–water partition coefficient (Wildman–Crippen LogP) is 5.32. The van der Waals surface area contributed by atoms with Gasteiger partial charge in [0.05, 0.1) is 26.8 Å². The lowest BCUT2D eigenvalue weighted by atomic mass is 10.1. The fourth-order valence-corrected chi connectivity index (χ4v) is 4.03. The second-order valence-corrected chi connectivity index (χ2v) is 8.33. The van der Waals surface area contributed by atoms with Crippen molar-refractivity contribution in [3.05, 3.63) is 89.6 Å². The molecule has 3 aromatic carbocycles. The Morgan fingerprint density at radius 1 is 0.833 bits per heavy atom. The van der Waals surface area contributed by atoms with Gasteiger partial charge < -0.3 is 19.1 Å². The molecule has 1 heterocycles. The molecule has 1 aromatic heterocycles. The third kappa shape index (κ3) is 4.68. The van der Waals surface area contributed by atoms with Crippen molar-refractivity contribution in [3.8, 4) is 17.2 Å². The van der Waals surface area contributed by atoms with Crippen LogP contribution in [-0.2, 0) is 0 Å². The Morgan fingerprint density at radius 2 is 1.47 bits per heavy atom. The zero-order chi connectivity index (χ0) is 25.8. The largest absolute Gasteiger partial charge is 0.493 e. The molecule has 0 fully saturated rings. The first-order valence-corrected chi connectivity index (χ1v) is 11.3. The van der Waals surface area contributed by atoms with E-state index in [1.54, 1.807) is 29.0 Å². The molecule has 0 N–H and O–H groups in total. The van der Waals surface area contributed by atoms with Crippen molar-refractivity contribution in [1.29, 1.82) is 0 Å². The SMILES string of the molecule is COc1cc(C(=O)/C=C/c2cn(C(=O)c3ccc(N(C)C)cc3)c3ccccc23)cc(OC)c1OC. The highest BCUT2D eigenvalue weighted by molar-refractivity contribution is 6.09. The number of hydrogen-bond donors (Lipinski definition) is 0. The maximum atomic E-state index is 13.3. The number of methoxy groups -OCH3 is 3. The quantitative estimate of drug-likeness (QED) is 0.249. The second kappa shape index (κ2) is 10.4.